The second-order valence-corrected chi connectivity index (χ2v) is 16.7. The van der Waals surface area contributed by atoms with E-state index in [1.807, 2.05) is 45.9 Å². The number of hydrogen-bond acceptors (Lipinski definition) is 4. The summed E-state index contributed by atoms with van der Waals surface area (Å²) >= 11 is -1.25. The molecule has 0 spiro atoms. The van der Waals surface area contributed by atoms with Crippen LogP contribution in [0.4, 0.5) is 0 Å². The van der Waals surface area contributed by atoms with E-state index < -0.39 is 30.4 Å². The molecule has 1 aromatic rings. The van der Waals surface area contributed by atoms with Gasteiger partial charge in [-0.05, 0) is 62.5 Å². The van der Waals surface area contributed by atoms with Gasteiger partial charge in [-0.2, -0.15) is 0 Å². The van der Waals surface area contributed by atoms with Crippen LogP contribution >= 0.6 is 0 Å². The summed E-state index contributed by atoms with van der Waals surface area (Å²) in [5, 5.41) is 9.11. The highest BCUT2D eigenvalue weighted by atomic mass is 32.2. The third-order valence-corrected chi connectivity index (χ3v) is 11.4. The Kier molecular flexibility index (Phi) is 8.36. The van der Waals surface area contributed by atoms with Crippen LogP contribution in [0.15, 0.2) is 18.2 Å². The van der Waals surface area contributed by atoms with Gasteiger partial charge in [0, 0.05) is 11.4 Å². The molecule has 1 aromatic carbocycles. The molecule has 0 saturated carbocycles. The summed E-state index contributed by atoms with van der Waals surface area (Å²) < 4.78 is 22.0. The molecule has 1 unspecified atom stereocenters. The van der Waals surface area contributed by atoms with Crippen LogP contribution < -0.4 is 4.72 Å². The first-order valence-corrected chi connectivity index (χ1v) is 13.7. The fourth-order valence-corrected chi connectivity index (χ4v) is 4.24. The predicted octanol–water partition coefficient (Wildman–Crippen LogP) is 4.74. The number of aliphatic carboxylic acids is 1. The molecule has 7 heteroatoms. The maximum atomic E-state index is 12.8. The third-order valence-electron chi connectivity index (χ3n) is 5.29. The van der Waals surface area contributed by atoms with Crippen LogP contribution in [-0.2, 0) is 27.0 Å². The van der Waals surface area contributed by atoms with Gasteiger partial charge < -0.3 is 14.1 Å². The zero-order valence-electron chi connectivity index (χ0n) is 18.8. The predicted molar refractivity (Wildman–Crippen MR) is 119 cm³/mol. The fourth-order valence-electron chi connectivity index (χ4n) is 2.41. The zero-order chi connectivity index (χ0) is 21.9. The minimum absolute atomic E-state index is 0.00634. The van der Waals surface area contributed by atoms with E-state index in [1.54, 1.807) is 0 Å². The highest BCUT2D eigenvalue weighted by Gasteiger charge is 2.39. The average molecular weight is 428 g/mol. The Bertz CT molecular complexity index is 680. The molecule has 0 heterocycles. The minimum Gasteiger partial charge on any atom is -0.598 e. The largest absolute Gasteiger partial charge is 0.598 e. The Morgan fingerprint density at radius 1 is 1.25 bits per heavy atom. The molecular formula is C21H37NO4SSi. The molecule has 0 aliphatic heterocycles. The van der Waals surface area contributed by atoms with Gasteiger partial charge in [0.2, 0.25) is 0 Å². The first kappa shape index (κ1) is 25.2. The van der Waals surface area contributed by atoms with Crippen molar-refractivity contribution < 1.29 is 18.9 Å². The Hall–Kier alpha value is -0.863. The maximum absolute atomic E-state index is 12.8. The second kappa shape index (κ2) is 9.30. The van der Waals surface area contributed by atoms with Crippen molar-refractivity contribution in [3.05, 3.63) is 34.9 Å². The molecule has 0 radical (unpaired) electrons. The maximum Gasteiger partial charge on any atom is 0.307 e. The smallest absolute Gasteiger partial charge is 0.307 e. The number of aryl methyl sites for hydroxylation is 1. The highest BCUT2D eigenvalue weighted by molar-refractivity contribution is 7.90. The van der Waals surface area contributed by atoms with E-state index in [0.29, 0.717) is 6.61 Å². The number of nitrogens with one attached hydrogen (secondary N) is 1. The van der Waals surface area contributed by atoms with Gasteiger partial charge in [-0.25, -0.2) is 0 Å². The van der Waals surface area contributed by atoms with Crippen molar-refractivity contribution in [2.75, 3.05) is 6.61 Å². The molecule has 28 heavy (non-hydrogen) atoms. The first-order valence-electron chi connectivity index (χ1n) is 9.68. The zero-order valence-corrected chi connectivity index (χ0v) is 20.6. The number of hydrogen-bond donors (Lipinski definition) is 2. The summed E-state index contributed by atoms with van der Waals surface area (Å²) in [6.45, 7) is 19.2. The van der Waals surface area contributed by atoms with E-state index in [2.05, 4.69) is 38.6 Å². The number of carboxylic acid groups (broad SMARTS) is 1. The van der Waals surface area contributed by atoms with E-state index in [9.17, 15) is 9.35 Å². The summed E-state index contributed by atoms with van der Waals surface area (Å²) in [5.74, 6) is -0.850. The molecule has 2 N–H and O–H groups in total. The summed E-state index contributed by atoms with van der Waals surface area (Å²) in [6, 6.07) is 5.43. The number of carbonyl (C=O) groups is 1. The Labute approximate surface area is 174 Å². The van der Waals surface area contributed by atoms with Gasteiger partial charge in [0.05, 0.1) is 19.1 Å². The van der Waals surface area contributed by atoms with Crippen molar-refractivity contribution in [2.45, 2.75) is 83.8 Å². The van der Waals surface area contributed by atoms with Gasteiger partial charge in [-0.15, -0.1) is 4.72 Å². The highest BCUT2D eigenvalue weighted by Crippen LogP contribution is 2.37. The van der Waals surface area contributed by atoms with Crippen LogP contribution in [0.2, 0.25) is 18.1 Å². The van der Waals surface area contributed by atoms with Gasteiger partial charge in [-0.3, -0.25) is 4.79 Å². The number of carboxylic acids is 1. The van der Waals surface area contributed by atoms with Crippen LogP contribution in [0.1, 0.15) is 64.3 Å². The topological polar surface area (TPSA) is 81.6 Å². The van der Waals surface area contributed by atoms with E-state index >= 15 is 0 Å². The Morgan fingerprint density at radius 2 is 1.82 bits per heavy atom. The van der Waals surface area contributed by atoms with E-state index in [0.717, 1.165) is 16.7 Å². The van der Waals surface area contributed by atoms with Crippen molar-refractivity contribution in [1.29, 1.82) is 0 Å². The molecule has 0 aliphatic carbocycles. The summed E-state index contributed by atoms with van der Waals surface area (Å²) in [7, 11) is -1.96. The van der Waals surface area contributed by atoms with E-state index in [-0.39, 0.29) is 17.5 Å². The molecule has 5 nitrogen and oxygen atoms in total. The lowest BCUT2D eigenvalue weighted by Gasteiger charge is -2.38. The normalized spacial score (nSPS) is 15.4. The van der Waals surface area contributed by atoms with Gasteiger partial charge in [-0.1, -0.05) is 39.0 Å². The molecule has 0 fully saturated rings. The minimum atomic E-state index is -1.96. The molecule has 0 aromatic heterocycles. The lowest BCUT2D eigenvalue weighted by molar-refractivity contribution is -0.136. The lowest BCUT2D eigenvalue weighted by Crippen LogP contribution is -2.46. The summed E-state index contributed by atoms with van der Waals surface area (Å²) in [5.41, 5.74) is 2.72. The Morgan fingerprint density at radius 3 is 2.25 bits per heavy atom. The molecule has 0 aliphatic rings. The monoisotopic (exact) mass is 427 g/mol. The van der Waals surface area contributed by atoms with Gasteiger partial charge >= 0.3 is 5.97 Å². The third kappa shape index (κ3) is 7.19. The van der Waals surface area contributed by atoms with Crippen LogP contribution in [-0.4, -0.2) is 35.3 Å². The van der Waals surface area contributed by atoms with Crippen molar-refractivity contribution >= 4 is 25.6 Å². The van der Waals surface area contributed by atoms with Gasteiger partial charge in [0.15, 0.2) is 8.32 Å². The van der Waals surface area contributed by atoms with Crippen molar-refractivity contribution in [3.63, 3.8) is 0 Å². The number of rotatable bonds is 8. The van der Waals surface area contributed by atoms with E-state index in [1.165, 1.54) is 0 Å². The first-order chi connectivity index (χ1) is 12.5. The van der Waals surface area contributed by atoms with Crippen molar-refractivity contribution in [1.82, 2.24) is 4.72 Å². The molecule has 0 saturated heterocycles. The van der Waals surface area contributed by atoms with Crippen LogP contribution in [0.3, 0.4) is 0 Å². The molecule has 160 valence electrons. The SMILES string of the molecule is Cc1cc(CC(=O)O)ccc1C(CO[Si](C)(C)C(C)(C)C)N[S@@+]([O-])C(C)(C)C. The standard InChI is InChI=1S/C21H37NO4SSi/c1-15-12-16(13-19(23)24)10-11-17(15)18(22-27(25)20(2,3)4)14-26-28(8,9)21(5,6)7/h10-12,18,22H,13-14H2,1-9H3,(H,23,24)/t18?,27-/m0/s1. The molecule has 0 bridgehead atoms. The average Bonchev–Trinajstić information content (AvgIpc) is 2.49. The van der Waals surface area contributed by atoms with Crippen LogP contribution in [0, 0.1) is 6.92 Å². The van der Waals surface area contributed by atoms with Gasteiger partial charge in [0.1, 0.15) is 4.75 Å². The van der Waals surface area contributed by atoms with Crippen LogP contribution in [0.25, 0.3) is 0 Å². The molecule has 0 amide bonds. The van der Waals surface area contributed by atoms with E-state index in [4.69, 9.17) is 9.53 Å². The second-order valence-electron chi connectivity index (χ2n) is 9.88. The molecule has 1 rings (SSSR count). The molecular weight excluding hydrogens is 390 g/mol. The summed E-state index contributed by atoms with van der Waals surface area (Å²) in [4.78, 5) is 11.0. The fraction of sp³-hybridized carbons (Fsp3) is 0.667. The quantitative estimate of drug-likeness (QED) is 0.463. The summed E-state index contributed by atoms with van der Waals surface area (Å²) in [6.07, 6.45) is -0.00634. The number of benzene rings is 1. The van der Waals surface area contributed by atoms with Crippen molar-refractivity contribution in [2.24, 2.45) is 0 Å². The van der Waals surface area contributed by atoms with Gasteiger partial charge in [0.25, 0.3) is 0 Å². The van der Waals surface area contributed by atoms with Crippen LogP contribution in [0.5, 0.6) is 0 Å². The van der Waals surface area contributed by atoms with Crippen molar-refractivity contribution in [3.8, 4) is 0 Å². The molecule has 2 atom stereocenters. The Balaban J connectivity index is 3.15. The lowest BCUT2D eigenvalue weighted by atomic mass is 9.99.